The van der Waals surface area contributed by atoms with Crippen LogP contribution in [0.2, 0.25) is 0 Å². The maximum absolute atomic E-state index is 8.44. The van der Waals surface area contributed by atoms with Gasteiger partial charge in [0, 0.05) is 0 Å². The van der Waals surface area contributed by atoms with Crippen LogP contribution in [0.1, 0.15) is 0 Å². The van der Waals surface area contributed by atoms with Crippen molar-refractivity contribution in [1.29, 1.82) is 0 Å². The minimum absolute atomic E-state index is 0. The Morgan fingerprint density at radius 1 is 1.08 bits per heavy atom. The van der Waals surface area contributed by atoms with Crippen LogP contribution in [0.4, 0.5) is 9.59 Å². The van der Waals surface area contributed by atoms with Gasteiger partial charge in [0.05, 0.1) is 0 Å². The van der Waals surface area contributed by atoms with E-state index in [1.54, 1.807) is 0 Å². The molecule has 0 amide bonds. The van der Waals surface area contributed by atoms with E-state index in [0.29, 0.717) is 0 Å². The Kier molecular flexibility index (Phi) is 91.2. The summed E-state index contributed by atoms with van der Waals surface area (Å²) in [7, 11) is 0. The molecular formula is C2HAlKNaO7. The van der Waals surface area contributed by atoms with Gasteiger partial charge in [-0.25, -0.2) is 0 Å². The summed E-state index contributed by atoms with van der Waals surface area (Å²) in [5.41, 5.74) is 0. The topological polar surface area (TPSA) is 152 Å². The number of carbonyl (C=O) groups is 2. The second-order valence-electron chi connectivity index (χ2n) is 0.516. The monoisotopic (exact) mass is 226 g/mol. The van der Waals surface area contributed by atoms with Crippen molar-refractivity contribution in [2.75, 3.05) is 0 Å². The summed E-state index contributed by atoms with van der Waals surface area (Å²) in [5, 5.41) is 32.0. The Morgan fingerprint density at radius 2 is 1.08 bits per heavy atom. The number of carbonyl (C=O) groups excluding carboxylic acids is 1. The van der Waals surface area contributed by atoms with Crippen molar-refractivity contribution in [2.45, 2.75) is 0 Å². The zero-order chi connectivity index (χ0) is 7.15. The van der Waals surface area contributed by atoms with Gasteiger partial charge < -0.3 is 35.5 Å². The maximum atomic E-state index is 8.44. The summed E-state index contributed by atoms with van der Waals surface area (Å²) in [6.45, 7) is 0. The minimum atomic E-state index is -2.33. The van der Waals surface area contributed by atoms with E-state index in [0.717, 1.165) is 0 Å². The predicted molar refractivity (Wildman–Crippen MR) is 19.9 cm³/mol. The first-order chi connectivity index (χ1) is 3.46. The Hall–Kier alpha value is 1.67. The molecular weight excluding hydrogens is 225 g/mol. The Balaban J connectivity index is -0.0000000112. The van der Waals surface area contributed by atoms with Crippen molar-refractivity contribution in [1.82, 2.24) is 0 Å². The Labute approximate surface area is 143 Å². The van der Waals surface area contributed by atoms with Gasteiger partial charge in [-0.05, 0) is 6.16 Å². The maximum Gasteiger partial charge on any atom is 3.00 e. The fraction of sp³-hybridized carbons (Fsp3) is 0. The molecule has 0 heterocycles. The van der Waals surface area contributed by atoms with Crippen LogP contribution in [0.15, 0.2) is 0 Å². The molecule has 12 heavy (non-hydrogen) atoms. The van der Waals surface area contributed by atoms with Crippen LogP contribution in [0, 0.1) is 0 Å². The molecule has 0 bridgehead atoms. The molecule has 0 aliphatic heterocycles. The summed E-state index contributed by atoms with van der Waals surface area (Å²) < 4.78 is 0. The normalized spacial score (nSPS) is 4.00. The van der Waals surface area contributed by atoms with E-state index < -0.39 is 12.3 Å². The molecule has 0 aliphatic carbocycles. The van der Waals surface area contributed by atoms with Gasteiger partial charge >= 0.3 is 98.3 Å². The standard InChI is InChI=1S/2CH2O3.Al.K.Na.O/c2*2-1(3)4;;;;/h2*(H2,2,3,4);;;;/q;;+3;2*+1;-2/p-3. The first kappa shape index (κ1) is 37.3. The minimum Gasteiger partial charge on any atom is -2.00 e. The summed E-state index contributed by atoms with van der Waals surface area (Å²) >= 11 is 0. The summed E-state index contributed by atoms with van der Waals surface area (Å²) in [6, 6.07) is 0. The van der Waals surface area contributed by atoms with Gasteiger partial charge in [-0.15, -0.1) is 0 Å². The van der Waals surface area contributed by atoms with Gasteiger partial charge in [-0.1, -0.05) is 0 Å². The molecule has 7 nitrogen and oxygen atoms in total. The van der Waals surface area contributed by atoms with E-state index >= 15 is 0 Å². The van der Waals surface area contributed by atoms with Gasteiger partial charge in [0.15, 0.2) is 0 Å². The van der Waals surface area contributed by atoms with Crippen LogP contribution in [0.5, 0.6) is 0 Å². The molecule has 0 aromatic carbocycles. The molecule has 0 atom stereocenters. The fourth-order valence-corrected chi connectivity index (χ4v) is 0. The summed E-state index contributed by atoms with van der Waals surface area (Å²) in [4.78, 5) is 16.8. The number of carboxylic acid groups (broad SMARTS) is 4. The summed E-state index contributed by atoms with van der Waals surface area (Å²) in [6.07, 6.45) is -4.42. The van der Waals surface area contributed by atoms with Gasteiger partial charge in [-0.3, -0.25) is 0 Å². The van der Waals surface area contributed by atoms with Crippen molar-refractivity contribution in [3.63, 3.8) is 0 Å². The molecule has 0 spiro atoms. The molecule has 0 fully saturated rings. The Morgan fingerprint density at radius 3 is 1.08 bits per heavy atom. The van der Waals surface area contributed by atoms with Crippen molar-refractivity contribution in [3.8, 4) is 0 Å². The molecule has 0 unspecified atom stereocenters. The first-order valence-electron chi connectivity index (χ1n) is 1.24. The molecule has 0 radical (unpaired) electrons. The van der Waals surface area contributed by atoms with Gasteiger partial charge in [0.1, 0.15) is 0 Å². The van der Waals surface area contributed by atoms with Crippen LogP contribution >= 0.6 is 0 Å². The number of hydrogen-bond donors (Lipinski definition) is 1. The van der Waals surface area contributed by atoms with Gasteiger partial charge in [0.2, 0.25) is 6.16 Å². The molecule has 0 aromatic heterocycles. The third-order valence-corrected chi connectivity index (χ3v) is 0. The molecule has 0 aliphatic rings. The zero-order valence-corrected chi connectivity index (χ0v) is 12.8. The summed E-state index contributed by atoms with van der Waals surface area (Å²) in [5.74, 6) is 0. The molecule has 10 heteroatoms. The third kappa shape index (κ3) is 477. The van der Waals surface area contributed by atoms with Crippen molar-refractivity contribution < 1.29 is 116 Å². The molecule has 0 saturated carbocycles. The Bertz CT molecular complexity index is 79.4. The number of rotatable bonds is 0. The second kappa shape index (κ2) is 29.3. The third-order valence-electron chi connectivity index (χ3n) is 0. The average molecular weight is 226 g/mol. The molecule has 0 aromatic rings. The smallest absolute Gasteiger partial charge is 2.00 e. The largest absolute Gasteiger partial charge is 3.00 e. The fourth-order valence-electron chi connectivity index (χ4n) is 0. The van der Waals surface area contributed by atoms with E-state index in [4.69, 9.17) is 30.0 Å². The first-order valence-corrected chi connectivity index (χ1v) is 1.24. The van der Waals surface area contributed by atoms with E-state index in [9.17, 15) is 0 Å². The second-order valence-corrected chi connectivity index (χ2v) is 0.516. The van der Waals surface area contributed by atoms with Crippen molar-refractivity contribution >= 4 is 29.7 Å². The quantitative estimate of drug-likeness (QED) is 0.404. The molecule has 56 valence electrons. The zero-order valence-electron chi connectivity index (χ0n) is 6.47. The van der Waals surface area contributed by atoms with Crippen molar-refractivity contribution in [2.24, 2.45) is 0 Å². The van der Waals surface area contributed by atoms with Crippen LogP contribution in [-0.4, -0.2) is 34.8 Å². The van der Waals surface area contributed by atoms with E-state index in [1.807, 2.05) is 0 Å². The predicted octanol–water partition coefficient (Wildman–Crippen LogP) is -10.1. The average Bonchev–Trinajstić information content (AvgIpc) is 1.25. The van der Waals surface area contributed by atoms with E-state index in [-0.39, 0.29) is 104 Å². The van der Waals surface area contributed by atoms with Crippen molar-refractivity contribution in [3.05, 3.63) is 0 Å². The van der Waals surface area contributed by atoms with E-state index in [2.05, 4.69) is 0 Å². The molecule has 0 rings (SSSR count). The van der Waals surface area contributed by atoms with Crippen LogP contribution in [-0.2, 0) is 5.48 Å². The van der Waals surface area contributed by atoms with Crippen LogP contribution in [0.3, 0.4) is 0 Å². The number of hydrogen-bond acceptors (Lipinski definition) is 5. The van der Waals surface area contributed by atoms with Gasteiger partial charge in [-0.2, -0.15) is 0 Å². The SMILES string of the molecule is O=C([O-])O.O=C([O-])[O-].[Al+3].[K+].[Na+].[O-2]. The van der Waals surface area contributed by atoms with Crippen LogP contribution < -0.4 is 96.3 Å². The molecule has 0 saturated heterocycles. The van der Waals surface area contributed by atoms with Crippen LogP contribution in [0.25, 0.3) is 0 Å². The molecule has 1 N–H and O–H groups in total. The van der Waals surface area contributed by atoms with E-state index in [1.165, 1.54) is 0 Å². The van der Waals surface area contributed by atoms with Gasteiger partial charge in [0.25, 0.3) is 0 Å².